The molecule has 1 heterocycles. The first-order valence-electron chi connectivity index (χ1n) is 6.56. The Hall–Kier alpha value is -1.27. The van der Waals surface area contributed by atoms with Crippen LogP contribution in [-0.2, 0) is 9.53 Å². The lowest BCUT2D eigenvalue weighted by Crippen LogP contribution is -2.48. The molecule has 0 radical (unpaired) electrons. The average molecular weight is 298 g/mol. The molecular formula is C14H19FN2O2S. The van der Waals surface area contributed by atoms with E-state index in [2.05, 4.69) is 0 Å². The number of carbonyl (C=O) groups excluding carboxylic acids is 1. The number of carbonyl (C=O) groups is 1. The van der Waals surface area contributed by atoms with Gasteiger partial charge < -0.3 is 15.4 Å². The van der Waals surface area contributed by atoms with Gasteiger partial charge in [-0.2, -0.15) is 0 Å². The van der Waals surface area contributed by atoms with Crippen LogP contribution in [0.5, 0.6) is 0 Å². The van der Waals surface area contributed by atoms with Gasteiger partial charge in [-0.25, -0.2) is 4.39 Å². The van der Waals surface area contributed by atoms with Crippen molar-refractivity contribution in [3.63, 3.8) is 0 Å². The standard InChI is InChI=1S/C14H19FN2O2S/c1-9-6-17(7-10(2)19-9)14(18)8-20-11-3-4-13(16)12(15)5-11/h3-5,9-10H,6-8,16H2,1-2H3. The smallest absolute Gasteiger partial charge is 0.233 e. The van der Waals surface area contributed by atoms with Crippen molar-refractivity contribution in [1.29, 1.82) is 0 Å². The molecule has 0 aromatic heterocycles. The van der Waals surface area contributed by atoms with Gasteiger partial charge in [-0.1, -0.05) is 0 Å². The molecule has 0 bridgehead atoms. The SMILES string of the molecule is CC1CN(C(=O)CSc2ccc(N)c(F)c2)CC(C)O1. The molecular weight excluding hydrogens is 279 g/mol. The number of ether oxygens (including phenoxy) is 1. The van der Waals surface area contributed by atoms with Gasteiger partial charge in [-0.15, -0.1) is 11.8 Å². The molecule has 110 valence electrons. The molecule has 1 aliphatic heterocycles. The molecule has 2 unspecified atom stereocenters. The van der Waals surface area contributed by atoms with Crippen LogP contribution in [0.15, 0.2) is 23.1 Å². The summed E-state index contributed by atoms with van der Waals surface area (Å²) in [6, 6.07) is 4.60. The number of nitrogens with zero attached hydrogens (tertiary/aromatic N) is 1. The number of hydrogen-bond acceptors (Lipinski definition) is 4. The van der Waals surface area contributed by atoms with Crippen LogP contribution in [-0.4, -0.2) is 41.9 Å². The number of anilines is 1. The summed E-state index contributed by atoms with van der Waals surface area (Å²) in [6.07, 6.45) is 0.114. The third kappa shape index (κ3) is 3.86. The third-order valence-electron chi connectivity index (χ3n) is 3.11. The largest absolute Gasteiger partial charge is 0.396 e. The number of nitrogens with two attached hydrogens (primary N) is 1. The van der Waals surface area contributed by atoms with E-state index in [1.165, 1.54) is 23.9 Å². The fraction of sp³-hybridized carbons (Fsp3) is 0.500. The molecule has 1 aromatic carbocycles. The van der Waals surface area contributed by atoms with Gasteiger partial charge in [0.15, 0.2) is 0 Å². The summed E-state index contributed by atoms with van der Waals surface area (Å²) in [7, 11) is 0. The number of morpholine rings is 1. The summed E-state index contributed by atoms with van der Waals surface area (Å²) in [5.41, 5.74) is 5.54. The van der Waals surface area contributed by atoms with Gasteiger partial charge in [-0.05, 0) is 32.0 Å². The fourth-order valence-corrected chi connectivity index (χ4v) is 3.04. The van der Waals surface area contributed by atoms with Gasteiger partial charge in [0, 0.05) is 18.0 Å². The van der Waals surface area contributed by atoms with Crippen LogP contribution in [0.3, 0.4) is 0 Å². The minimum atomic E-state index is -0.448. The number of halogens is 1. The molecule has 2 atom stereocenters. The monoisotopic (exact) mass is 298 g/mol. The lowest BCUT2D eigenvalue weighted by Gasteiger charge is -2.35. The third-order valence-corrected chi connectivity index (χ3v) is 4.09. The zero-order chi connectivity index (χ0) is 14.7. The van der Waals surface area contributed by atoms with E-state index < -0.39 is 5.82 Å². The number of amides is 1. The Bertz CT molecular complexity index is 488. The van der Waals surface area contributed by atoms with E-state index in [0.29, 0.717) is 23.7 Å². The lowest BCUT2D eigenvalue weighted by atomic mass is 10.2. The average Bonchev–Trinajstić information content (AvgIpc) is 2.38. The van der Waals surface area contributed by atoms with E-state index >= 15 is 0 Å². The van der Waals surface area contributed by atoms with Crippen molar-refractivity contribution in [3.05, 3.63) is 24.0 Å². The molecule has 20 heavy (non-hydrogen) atoms. The number of thioether (sulfide) groups is 1. The van der Waals surface area contributed by atoms with Crippen LogP contribution in [0, 0.1) is 5.82 Å². The summed E-state index contributed by atoms with van der Waals surface area (Å²) in [5, 5.41) is 0. The summed E-state index contributed by atoms with van der Waals surface area (Å²) in [4.78, 5) is 14.7. The first-order chi connectivity index (χ1) is 9.45. The molecule has 1 saturated heterocycles. The van der Waals surface area contributed by atoms with Crippen LogP contribution in [0.1, 0.15) is 13.8 Å². The Morgan fingerprint density at radius 3 is 2.70 bits per heavy atom. The van der Waals surface area contributed by atoms with Crippen molar-refractivity contribution < 1.29 is 13.9 Å². The Labute approximate surface area is 122 Å². The van der Waals surface area contributed by atoms with Crippen LogP contribution in [0.4, 0.5) is 10.1 Å². The lowest BCUT2D eigenvalue weighted by molar-refractivity contribution is -0.140. The molecule has 1 amide bonds. The highest BCUT2D eigenvalue weighted by Crippen LogP contribution is 2.23. The summed E-state index contributed by atoms with van der Waals surface area (Å²) in [6.45, 7) is 5.14. The second-order valence-electron chi connectivity index (χ2n) is 5.03. The van der Waals surface area contributed by atoms with Gasteiger partial charge in [0.05, 0.1) is 23.6 Å². The molecule has 0 saturated carbocycles. The van der Waals surface area contributed by atoms with Crippen molar-refractivity contribution >= 4 is 23.4 Å². The van der Waals surface area contributed by atoms with Gasteiger partial charge >= 0.3 is 0 Å². The normalized spacial score (nSPS) is 22.9. The predicted octanol–water partition coefficient (Wildman–Crippen LogP) is 2.14. The van der Waals surface area contributed by atoms with Crippen molar-refractivity contribution in [2.24, 2.45) is 0 Å². The van der Waals surface area contributed by atoms with Crippen molar-refractivity contribution in [2.45, 2.75) is 31.0 Å². The number of hydrogen-bond donors (Lipinski definition) is 1. The zero-order valence-electron chi connectivity index (χ0n) is 11.6. The maximum atomic E-state index is 13.3. The first-order valence-corrected chi connectivity index (χ1v) is 7.55. The maximum Gasteiger partial charge on any atom is 0.233 e. The number of nitrogen functional groups attached to an aromatic ring is 1. The Morgan fingerprint density at radius 1 is 1.45 bits per heavy atom. The molecule has 4 nitrogen and oxygen atoms in total. The van der Waals surface area contributed by atoms with Gasteiger partial charge in [0.1, 0.15) is 5.82 Å². The van der Waals surface area contributed by atoms with E-state index in [9.17, 15) is 9.18 Å². The first kappa shape index (κ1) is 15.1. The van der Waals surface area contributed by atoms with E-state index in [1.807, 2.05) is 13.8 Å². The maximum absolute atomic E-state index is 13.3. The van der Waals surface area contributed by atoms with Crippen LogP contribution < -0.4 is 5.73 Å². The van der Waals surface area contributed by atoms with Crippen molar-refractivity contribution in [1.82, 2.24) is 4.90 Å². The fourth-order valence-electron chi connectivity index (χ4n) is 2.22. The zero-order valence-corrected chi connectivity index (χ0v) is 12.5. The Balaban J connectivity index is 1.89. The predicted molar refractivity (Wildman–Crippen MR) is 78.1 cm³/mol. The second-order valence-corrected chi connectivity index (χ2v) is 6.08. The summed E-state index contributed by atoms with van der Waals surface area (Å²) < 4.78 is 18.9. The minimum Gasteiger partial charge on any atom is -0.396 e. The molecule has 1 aliphatic rings. The van der Waals surface area contributed by atoms with Crippen LogP contribution in [0.25, 0.3) is 0 Å². The quantitative estimate of drug-likeness (QED) is 0.686. The van der Waals surface area contributed by atoms with E-state index in [4.69, 9.17) is 10.5 Å². The van der Waals surface area contributed by atoms with Gasteiger partial charge in [0.25, 0.3) is 0 Å². The van der Waals surface area contributed by atoms with Crippen LogP contribution >= 0.6 is 11.8 Å². The number of rotatable bonds is 3. The molecule has 1 aromatic rings. The van der Waals surface area contributed by atoms with E-state index in [-0.39, 0.29) is 23.8 Å². The van der Waals surface area contributed by atoms with Crippen molar-refractivity contribution in [3.8, 4) is 0 Å². The topological polar surface area (TPSA) is 55.6 Å². The Morgan fingerprint density at radius 2 is 2.10 bits per heavy atom. The minimum absolute atomic E-state index is 0.0502. The van der Waals surface area contributed by atoms with Gasteiger partial charge in [0.2, 0.25) is 5.91 Å². The highest BCUT2D eigenvalue weighted by molar-refractivity contribution is 8.00. The summed E-state index contributed by atoms with van der Waals surface area (Å²) >= 11 is 1.32. The van der Waals surface area contributed by atoms with Crippen LogP contribution in [0.2, 0.25) is 0 Å². The molecule has 0 aliphatic carbocycles. The Kier molecular flexibility index (Phi) is 4.88. The number of benzene rings is 1. The molecule has 2 rings (SSSR count). The molecule has 0 spiro atoms. The molecule has 1 fully saturated rings. The van der Waals surface area contributed by atoms with E-state index in [1.54, 1.807) is 11.0 Å². The van der Waals surface area contributed by atoms with Gasteiger partial charge in [-0.3, -0.25) is 4.79 Å². The van der Waals surface area contributed by atoms with Crippen molar-refractivity contribution in [2.75, 3.05) is 24.6 Å². The highest BCUT2D eigenvalue weighted by atomic mass is 32.2. The highest BCUT2D eigenvalue weighted by Gasteiger charge is 2.25. The second kappa shape index (κ2) is 6.45. The van der Waals surface area contributed by atoms with E-state index in [0.717, 1.165) is 0 Å². The molecule has 2 N–H and O–H groups in total. The summed E-state index contributed by atoms with van der Waals surface area (Å²) in [5.74, 6) is -0.103. The molecule has 6 heteroatoms.